The molecule has 1 amide bonds. The summed E-state index contributed by atoms with van der Waals surface area (Å²) in [5, 5.41) is 5.93. The summed E-state index contributed by atoms with van der Waals surface area (Å²) < 4.78 is 4.98. The number of guanidine groups is 1. The number of hydrogen-bond donors (Lipinski definition) is 2. The van der Waals surface area contributed by atoms with Crippen molar-refractivity contribution in [3.05, 3.63) is 66.1 Å². The van der Waals surface area contributed by atoms with E-state index in [2.05, 4.69) is 48.7 Å². The number of carbonyl (C=O) groups excluding carboxylic acids is 1. The Labute approximate surface area is 187 Å². The molecule has 0 unspecified atom stereocenters. The Morgan fingerprint density at radius 1 is 1.19 bits per heavy atom. The van der Waals surface area contributed by atoms with Crippen LogP contribution in [-0.2, 0) is 17.8 Å². The van der Waals surface area contributed by atoms with E-state index in [-0.39, 0.29) is 6.61 Å². The Balaban J connectivity index is 1.77. The quantitative estimate of drug-likeness (QED) is 0.638. The lowest BCUT2D eigenvalue weighted by Crippen LogP contribution is -2.38. The van der Waals surface area contributed by atoms with Crippen molar-refractivity contribution in [1.29, 1.82) is 0 Å². The maximum Gasteiger partial charge on any atom is 0.413 e. The van der Waals surface area contributed by atoms with Crippen LogP contribution in [0, 0.1) is 0 Å². The van der Waals surface area contributed by atoms with Crippen molar-refractivity contribution in [3.8, 4) is 22.4 Å². The second-order valence-electron chi connectivity index (χ2n) is 7.72. The molecular weight excluding hydrogens is 404 g/mol. The molecule has 0 saturated heterocycles. The fourth-order valence-corrected chi connectivity index (χ4v) is 3.62. The lowest BCUT2D eigenvalue weighted by atomic mass is 9.95. The van der Waals surface area contributed by atoms with Gasteiger partial charge in [0.2, 0.25) is 5.96 Å². The topological polar surface area (TPSA) is 91.7 Å². The van der Waals surface area contributed by atoms with Crippen molar-refractivity contribution in [2.45, 2.75) is 20.0 Å². The Morgan fingerprint density at radius 3 is 2.81 bits per heavy atom. The Morgan fingerprint density at radius 2 is 2.06 bits per heavy atom. The van der Waals surface area contributed by atoms with Gasteiger partial charge in [-0.1, -0.05) is 6.07 Å². The number of aliphatic imine (C=N–C) groups is 1. The number of alkyl carbamates (subject to hydrolysis) is 1. The van der Waals surface area contributed by atoms with Gasteiger partial charge in [-0.25, -0.2) is 9.79 Å². The van der Waals surface area contributed by atoms with E-state index < -0.39 is 6.09 Å². The molecule has 0 spiro atoms. The minimum atomic E-state index is -0.540. The molecule has 0 fully saturated rings. The monoisotopic (exact) mass is 430 g/mol. The van der Waals surface area contributed by atoms with Gasteiger partial charge in [-0.05, 0) is 68.0 Å². The standard InChI is InChI=1S/C24H26N6O2/c1-4-32-24(31)29-23-27-14-19-11-18(17-6-5-8-25-13-17)12-20(22(19)28-23)21-10-16(7-9-26-21)15-30(2)3/h5-13H,4,14-15H2,1-3H3,(H2,27,28,29,31). The van der Waals surface area contributed by atoms with E-state index in [9.17, 15) is 4.79 Å². The Hall–Kier alpha value is -3.78. The molecule has 4 rings (SSSR count). The molecule has 8 heteroatoms. The van der Waals surface area contributed by atoms with Gasteiger partial charge in [-0.3, -0.25) is 15.3 Å². The first kappa shape index (κ1) is 21.5. The zero-order valence-electron chi connectivity index (χ0n) is 18.4. The van der Waals surface area contributed by atoms with Crippen molar-refractivity contribution >= 4 is 17.7 Å². The second kappa shape index (κ2) is 9.57. The zero-order valence-corrected chi connectivity index (χ0v) is 18.4. The van der Waals surface area contributed by atoms with E-state index >= 15 is 0 Å². The van der Waals surface area contributed by atoms with E-state index in [0.29, 0.717) is 12.5 Å². The lowest BCUT2D eigenvalue weighted by Gasteiger charge is -2.23. The van der Waals surface area contributed by atoms with E-state index in [1.807, 2.05) is 44.7 Å². The number of carbonyl (C=O) groups is 1. The minimum Gasteiger partial charge on any atom is -0.450 e. The van der Waals surface area contributed by atoms with Gasteiger partial charge in [0.1, 0.15) is 0 Å². The smallest absolute Gasteiger partial charge is 0.413 e. The minimum absolute atomic E-state index is 0.290. The molecular formula is C24H26N6O2. The van der Waals surface area contributed by atoms with Crippen LogP contribution in [0.15, 0.2) is 60.0 Å². The van der Waals surface area contributed by atoms with Crippen molar-refractivity contribution in [1.82, 2.24) is 20.2 Å². The first-order valence-corrected chi connectivity index (χ1v) is 10.5. The predicted octanol–water partition coefficient (Wildman–Crippen LogP) is 3.90. The molecule has 3 heterocycles. The summed E-state index contributed by atoms with van der Waals surface area (Å²) in [6.07, 6.45) is 4.89. The third-order valence-electron chi connectivity index (χ3n) is 4.96. The summed E-state index contributed by atoms with van der Waals surface area (Å²) in [5.74, 6) is 0.357. The first-order chi connectivity index (χ1) is 15.5. The number of benzene rings is 1. The highest BCUT2D eigenvalue weighted by atomic mass is 16.5. The summed E-state index contributed by atoms with van der Waals surface area (Å²) >= 11 is 0. The van der Waals surface area contributed by atoms with Gasteiger partial charge >= 0.3 is 6.09 Å². The largest absolute Gasteiger partial charge is 0.450 e. The average molecular weight is 431 g/mol. The number of rotatable bonds is 5. The molecule has 8 nitrogen and oxygen atoms in total. The van der Waals surface area contributed by atoms with Gasteiger partial charge in [0.25, 0.3) is 0 Å². The third-order valence-corrected chi connectivity index (χ3v) is 4.96. The number of ether oxygens (including phenoxy) is 1. The van der Waals surface area contributed by atoms with E-state index in [1.165, 1.54) is 0 Å². The van der Waals surface area contributed by atoms with Gasteiger partial charge in [0.15, 0.2) is 0 Å². The van der Waals surface area contributed by atoms with E-state index in [1.54, 1.807) is 13.1 Å². The number of hydrogen-bond acceptors (Lipinski definition) is 7. The van der Waals surface area contributed by atoms with Gasteiger partial charge in [-0.2, -0.15) is 0 Å². The van der Waals surface area contributed by atoms with Crippen LogP contribution in [0.4, 0.5) is 10.5 Å². The molecule has 0 atom stereocenters. The van der Waals surface area contributed by atoms with E-state index in [0.717, 1.165) is 45.7 Å². The molecule has 0 saturated carbocycles. The van der Waals surface area contributed by atoms with Gasteiger partial charge in [0.05, 0.1) is 24.5 Å². The van der Waals surface area contributed by atoms with Crippen LogP contribution in [0.3, 0.4) is 0 Å². The normalized spacial score (nSPS) is 12.6. The van der Waals surface area contributed by atoms with Crippen LogP contribution in [0.1, 0.15) is 18.1 Å². The SMILES string of the molecule is CCOC(=O)NC1=NCc2cc(-c3cccnc3)cc(-c3cc(CN(C)C)ccn3)c2N1. The molecule has 32 heavy (non-hydrogen) atoms. The van der Waals surface area contributed by atoms with Crippen molar-refractivity contribution < 1.29 is 9.53 Å². The van der Waals surface area contributed by atoms with E-state index in [4.69, 9.17) is 4.74 Å². The Kier molecular flexibility index (Phi) is 6.42. The molecule has 1 aromatic carbocycles. The first-order valence-electron chi connectivity index (χ1n) is 10.5. The molecule has 0 bridgehead atoms. The van der Waals surface area contributed by atoms with Crippen LogP contribution in [0.2, 0.25) is 0 Å². The second-order valence-corrected chi connectivity index (χ2v) is 7.72. The summed E-state index contributed by atoms with van der Waals surface area (Å²) in [5.41, 5.74) is 6.86. The van der Waals surface area contributed by atoms with Crippen LogP contribution >= 0.6 is 0 Å². The third kappa shape index (κ3) is 4.92. The van der Waals surface area contributed by atoms with Gasteiger partial charge in [0, 0.05) is 36.3 Å². The number of nitrogens with one attached hydrogen (secondary N) is 2. The zero-order chi connectivity index (χ0) is 22.5. The predicted molar refractivity (Wildman–Crippen MR) is 125 cm³/mol. The van der Waals surface area contributed by atoms with Crippen molar-refractivity contribution in [3.63, 3.8) is 0 Å². The highest BCUT2D eigenvalue weighted by Crippen LogP contribution is 2.37. The summed E-state index contributed by atoms with van der Waals surface area (Å²) in [7, 11) is 4.08. The fourth-order valence-electron chi connectivity index (χ4n) is 3.62. The van der Waals surface area contributed by atoms with Crippen molar-refractivity contribution in [2.75, 3.05) is 26.0 Å². The molecule has 0 aliphatic carbocycles. The number of aromatic nitrogens is 2. The molecule has 164 valence electrons. The number of nitrogens with zero attached hydrogens (tertiary/aromatic N) is 4. The fraction of sp³-hybridized carbons (Fsp3) is 0.250. The lowest BCUT2D eigenvalue weighted by molar-refractivity contribution is 0.158. The summed E-state index contributed by atoms with van der Waals surface area (Å²) in [6, 6.07) is 12.2. The van der Waals surface area contributed by atoms with Crippen LogP contribution < -0.4 is 10.6 Å². The summed E-state index contributed by atoms with van der Waals surface area (Å²) in [4.78, 5) is 27.4. The van der Waals surface area contributed by atoms with Gasteiger partial charge < -0.3 is 15.0 Å². The van der Waals surface area contributed by atoms with Crippen LogP contribution in [0.25, 0.3) is 22.4 Å². The molecule has 3 aromatic rings. The van der Waals surface area contributed by atoms with Crippen molar-refractivity contribution in [2.24, 2.45) is 4.99 Å². The molecule has 2 aromatic heterocycles. The molecule has 2 N–H and O–H groups in total. The Bertz CT molecular complexity index is 1140. The highest BCUT2D eigenvalue weighted by molar-refractivity contribution is 6.06. The highest BCUT2D eigenvalue weighted by Gasteiger charge is 2.21. The average Bonchev–Trinajstić information content (AvgIpc) is 2.79. The number of pyridine rings is 2. The maximum atomic E-state index is 11.9. The summed E-state index contributed by atoms with van der Waals surface area (Å²) in [6.45, 7) is 3.28. The molecule has 1 aliphatic rings. The number of anilines is 1. The molecule has 0 radical (unpaired) electrons. The van der Waals surface area contributed by atoms with Gasteiger partial charge in [-0.15, -0.1) is 0 Å². The molecule has 1 aliphatic heterocycles. The van der Waals surface area contributed by atoms with Crippen LogP contribution in [-0.4, -0.2) is 47.6 Å². The number of fused-ring (bicyclic) bond motifs is 1. The number of amides is 1. The van der Waals surface area contributed by atoms with Crippen LogP contribution in [0.5, 0.6) is 0 Å². The maximum absolute atomic E-state index is 11.9.